The van der Waals surface area contributed by atoms with Crippen molar-refractivity contribution >= 4 is 24.4 Å². The predicted octanol–water partition coefficient (Wildman–Crippen LogP) is -1.66. The Morgan fingerprint density at radius 3 is 2.95 bits per heavy atom. The highest BCUT2D eigenvalue weighted by Crippen LogP contribution is 2.39. The van der Waals surface area contributed by atoms with Crippen molar-refractivity contribution in [2.75, 3.05) is 11.9 Å². The fraction of sp³-hybridized carbons (Fsp3) is 0.636. The molecule has 21 heavy (non-hydrogen) atoms. The highest BCUT2D eigenvalue weighted by molar-refractivity contribution is 7.81. The van der Waals surface area contributed by atoms with Crippen LogP contribution >= 0.6 is 12.6 Å². The molecule has 2 aliphatic rings. The van der Waals surface area contributed by atoms with Crippen LogP contribution in [0, 0.1) is 0 Å². The van der Waals surface area contributed by atoms with Crippen molar-refractivity contribution in [2.45, 2.75) is 36.3 Å². The van der Waals surface area contributed by atoms with Gasteiger partial charge < -0.3 is 31.1 Å². The van der Waals surface area contributed by atoms with Gasteiger partial charge in [-0.3, -0.25) is 4.57 Å². The molecule has 0 saturated carbocycles. The van der Waals surface area contributed by atoms with E-state index in [1.807, 2.05) is 0 Å². The molecule has 116 valence electrons. The molecule has 0 amide bonds. The van der Waals surface area contributed by atoms with Crippen molar-refractivity contribution < 1.29 is 20.1 Å². The lowest BCUT2D eigenvalue weighted by molar-refractivity contribution is -0.0436. The summed E-state index contributed by atoms with van der Waals surface area (Å²) in [5.41, 5.74) is 4.40. The summed E-state index contributed by atoms with van der Waals surface area (Å²) in [7, 11) is 0. The first-order valence-electron chi connectivity index (χ1n) is 6.39. The number of aliphatic hydroxyl groups excluding tert-OH is 2. The number of anilines is 1. The van der Waals surface area contributed by atoms with Gasteiger partial charge in [-0.15, -0.1) is 0 Å². The normalized spacial score (nSPS) is 38.8. The first-order valence-corrected chi connectivity index (χ1v) is 6.91. The Balaban J connectivity index is 1.99. The number of fused-ring (bicyclic) bond motifs is 1. The first kappa shape index (κ1) is 14.6. The maximum Gasteiger partial charge on any atom is 0.203 e. The van der Waals surface area contributed by atoms with Crippen LogP contribution in [0.1, 0.15) is 18.8 Å². The number of aliphatic imine (C=N–C) groups is 1. The largest absolute Gasteiger partial charge is 0.394 e. The Hall–Kier alpha value is -1.33. The summed E-state index contributed by atoms with van der Waals surface area (Å²) in [6.45, 7) is 1.15. The fourth-order valence-corrected chi connectivity index (χ4v) is 2.98. The second-order valence-electron chi connectivity index (χ2n) is 5.22. The summed E-state index contributed by atoms with van der Waals surface area (Å²) in [6.07, 6.45) is -0.867. The SMILES string of the molecule is CC1(O)N=C(N)Nc2c1ncn2[C@@H]1O[C@H](CO)[C@@H](O)[C@H]1S. The molecule has 3 rings (SSSR count). The topological polar surface area (TPSA) is 138 Å². The van der Waals surface area contributed by atoms with E-state index < -0.39 is 29.4 Å². The summed E-state index contributed by atoms with van der Waals surface area (Å²) in [4.78, 5) is 8.00. The number of ether oxygens (including phenoxy) is 1. The number of nitrogens with zero attached hydrogens (tertiary/aromatic N) is 3. The molecule has 1 fully saturated rings. The number of hydrogen-bond donors (Lipinski definition) is 6. The standard InChI is InChI=1S/C11H17N5O4S/c1-11(19)7-8(14-10(12)15-11)16(3-13-7)9-6(21)5(18)4(2-17)20-9/h3-6,9,17-19,21H,2H2,1H3,(H3,12,14,15)/t4-,5-,6-,9-,11?/m1/s1. The van der Waals surface area contributed by atoms with Gasteiger partial charge in [-0.1, -0.05) is 0 Å². The zero-order chi connectivity index (χ0) is 15.4. The summed E-state index contributed by atoms with van der Waals surface area (Å²) < 4.78 is 7.16. The van der Waals surface area contributed by atoms with Crippen LogP contribution in [0.5, 0.6) is 0 Å². The molecule has 0 radical (unpaired) electrons. The van der Waals surface area contributed by atoms with Crippen LogP contribution < -0.4 is 11.1 Å². The molecule has 1 unspecified atom stereocenters. The Bertz CT molecular complexity index is 589. The van der Waals surface area contributed by atoms with Gasteiger partial charge in [0, 0.05) is 0 Å². The number of aliphatic hydroxyl groups is 3. The molecule has 0 spiro atoms. The second-order valence-corrected chi connectivity index (χ2v) is 5.82. The van der Waals surface area contributed by atoms with Crippen LogP contribution in [0.15, 0.2) is 11.3 Å². The lowest BCUT2D eigenvalue weighted by Crippen LogP contribution is -2.37. The molecule has 0 aromatic carbocycles. The summed E-state index contributed by atoms with van der Waals surface area (Å²) >= 11 is 4.33. The second kappa shape index (κ2) is 4.85. The van der Waals surface area contributed by atoms with Crippen LogP contribution in [0.4, 0.5) is 5.82 Å². The number of aromatic nitrogens is 2. The van der Waals surface area contributed by atoms with Gasteiger partial charge >= 0.3 is 0 Å². The van der Waals surface area contributed by atoms with Crippen molar-refractivity contribution in [1.82, 2.24) is 9.55 Å². The molecule has 3 heterocycles. The molecule has 9 nitrogen and oxygen atoms in total. The fourth-order valence-electron chi connectivity index (χ4n) is 2.57. The van der Waals surface area contributed by atoms with Crippen molar-refractivity contribution in [1.29, 1.82) is 0 Å². The highest BCUT2D eigenvalue weighted by Gasteiger charge is 2.45. The average Bonchev–Trinajstić information content (AvgIpc) is 2.93. The molecule has 10 heteroatoms. The average molecular weight is 315 g/mol. The minimum Gasteiger partial charge on any atom is -0.394 e. The van der Waals surface area contributed by atoms with E-state index in [0.717, 1.165) is 0 Å². The van der Waals surface area contributed by atoms with E-state index in [1.54, 1.807) is 4.57 Å². The van der Waals surface area contributed by atoms with Gasteiger partial charge in [0.25, 0.3) is 0 Å². The molecule has 1 aromatic heterocycles. The molecule has 6 N–H and O–H groups in total. The number of guanidine groups is 1. The van der Waals surface area contributed by atoms with Crippen LogP contribution in [-0.2, 0) is 10.5 Å². The highest BCUT2D eigenvalue weighted by atomic mass is 32.1. The van der Waals surface area contributed by atoms with Gasteiger partial charge in [-0.05, 0) is 6.92 Å². The predicted molar refractivity (Wildman–Crippen MR) is 76.8 cm³/mol. The van der Waals surface area contributed by atoms with Crippen molar-refractivity contribution in [3.63, 3.8) is 0 Å². The zero-order valence-corrected chi connectivity index (χ0v) is 12.1. The van der Waals surface area contributed by atoms with Crippen LogP contribution in [0.2, 0.25) is 0 Å². The summed E-state index contributed by atoms with van der Waals surface area (Å²) in [5, 5.41) is 31.7. The maximum atomic E-state index is 10.2. The number of hydrogen-bond acceptors (Lipinski definition) is 9. The molecule has 0 bridgehead atoms. The molecular formula is C11H17N5O4S. The van der Waals surface area contributed by atoms with Gasteiger partial charge in [0.1, 0.15) is 17.6 Å². The summed E-state index contributed by atoms with van der Waals surface area (Å²) in [5.74, 6) is 0.463. The number of nitrogens with two attached hydrogens (primary N) is 1. The van der Waals surface area contributed by atoms with Crippen molar-refractivity contribution in [2.24, 2.45) is 10.7 Å². The summed E-state index contributed by atoms with van der Waals surface area (Å²) in [6, 6.07) is 0. The van der Waals surface area contributed by atoms with Crippen molar-refractivity contribution in [3.05, 3.63) is 12.0 Å². The quantitative estimate of drug-likeness (QED) is 0.359. The number of rotatable bonds is 2. The van der Waals surface area contributed by atoms with Crippen LogP contribution in [-0.4, -0.2) is 54.9 Å². The van der Waals surface area contributed by atoms with E-state index in [4.69, 9.17) is 10.5 Å². The number of nitrogens with one attached hydrogen (secondary N) is 1. The molecule has 0 aliphatic carbocycles. The third-order valence-electron chi connectivity index (χ3n) is 3.62. The van der Waals surface area contributed by atoms with Gasteiger partial charge in [0.15, 0.2) is 12.2 Å². The van der Waals surface area contributed by atoms with E-state index in [9.17, 15) is 15.3 Å². The third-order valence-corrected chi connectivity index (χ3v) is 4.18. The first-order chi connectivity index (χ1) is 9.85. The molecular weight excluding hydrogens is 298 g/mol. The Kier molecular flexibility index (Phi) is 3.37. The third kappa shape index (κ3) is 2.19. The Morgan fingerprint density at radius 2 is 2.33 bits per heavy atom. The van der Waals surface area contributed by atoms with Gasteiger partial charge in [0.2, 0.25) is 5.72 Å². The van der Waals surface area contributed by atoms with Crippen LogP contribution in [0.3, 0.4) is 0 Å². The lowest BCUT2D eigenvalue weighted by Gasteiger charge is -2.27. The van der Waals surface area contributed by atoms with E-state index in [2.05, 4.69) is 27.9 Å². The molecule has 1 aromatic rings. The van der Waals surface area contributed by atoms with E-state index in [0.29, 0.717) is 11.5 Å². The molecule has 1 saturated heterocycles. The minimum atomic E-state index is -1.55. The molecule has 5 atom stereocenters. The van der Waals surface area contributed by atoms with Gasteiger partial charge in [-0.25, -0.2) is 9.98 Å². The van der Waals surface area contributed by atoms with E-state index in [-0.39, 0.29) is 12.6 Å². The Morgan fingerprint density at radius 1 is 1.62 bits per heavy atom. The smallest absolute Gasteiger partial charge is 0.203 e. The van der Waals surface area contributed by atoms with Crippen LogP contribution in [0.25, 0.3) is 0 Å². The minimum absolute atomic E-state index is 0.0437. The van der Waals surface area contributed by atoms with Gasteiger partial charge in [0.05, 0.1) is 24.3 Å². The number of imidazole rings is 1. The van der Waals surface area contributed by atoms with E-state index in [1.165, 1.54) is 13.3 Å². The van der Waals surface area contributed by atoms with Crippen molar-refractivity contribution in [3.8, 4) is 0 Å². The zero-order valence-electron chi connectivity index (χ0n) is 11.2. The number of thiol groups is 1. The monoisotopic (exact) mass is 315 g/mol. The molecule has 2 aliphatic heterocycles. The Labute approximate surface area is 125 Å². The maximum absolute atomic E-state index is 10.2. The lowest BCUT2D eigenvalue weighted by atomic mass is 10.1. The van der Waals surface area contributed by atoms with Gasteiger partial charge in [-0.2, -0.15) is 12.6 Å². The van der Waals surface area contributed by atoms with E-state index >= 15 is 0 Å².